The van der Waals surface area contributed by atoms with Gasteiger partial charge in [-0.05, 0) is 35.2 Å². The zero-order valence-electron chi connectivity index (χ0n) is 10.1. The van der Waals surface area contributed by atoms with Crippen molar-refractivity contribution >= 4 is 5.78 Å². The molecular formula is C16H13FO. The van der Waals surface area contributed by atoms with Crippen LogP contribution in [0.1, 0.15) is 22.8 Å². The molecule has 0 bridgehead atoms. The van der Waals surface area contributed by atoms with Crippen molar-refractivity contribution in [1.29, 1.82) is 0 Å². The van der Waals surface area contributed by atoms with E-state index in [0.717, 1.165) is 28.7 Å². The fourth-order valence-corrected chi connectivity index (χ4v) is 2.60. The van der Waals surface area contributed by atoms with E-state index >= 15 is 0 Å². The molecule has 18 heavy (non-hydrogen) atoms. The molecule has 1 aliphatic carbocycles. The SMILES string of the molecule is CC1Cc2cccc(-c3ccc(F)cc3)c2C1=O. The van der Waals surface area contributed by atoms with E-state index in [1.807, 2.05) is 25.1 Å². The Morgan fingerprint density at radius 2 is 1.83 bits per heavy atom. The zero-order chi connectivity index (χ0) is 12.7. The van der Waals surface area contributed by atoms with Crippen LogP contribution in [0.2, 0.25) is 0 Å². The van der Waals surface area contributed by atoms with Gasteiger partial charge in [0.1, 0.15) is 5.82 Å². The maximum absolute atomic E-state index is 12.9. The van der Waals surface area contributed by atoms with E-state index in [9.17, 15) is 9.18 Å². The maximum atomic E-state index is 12.9. The highest BCUT2D eigenvalue weighted by Crippen LogP contribution is 2.34. The maximum Gasteiger partial charge on any atom is 0.166 e. The zero-order valence-corrected chi connectivity index (χ0v) is 10.1. The average molecular weight is 240 g/mol. The van der Waals surface area contributed by atoms with Crippen molar-refractivity contribution in [1.82, 2.24) is 0 Å². The Morgan fingerprint density at radius 3 is 2.56 bits per heavy atom. The summed E-state index contributed by atoms with van der Waals surface area (Å²) in [4.78, 5) is 12.2. The van der Waals surface area contributed by atoms with Gasteiger partial charge in [-0.1, -0.05) is 37.3 Å². The van der Waals surface area contributed by atoms with E-state index in [2.05, 4.69) is 0 Å². The van der Waals surface area contributed by atoms with Crippen LogP contribution in [0, 0.1) is 11.7 Å². The molecule has 0 saturated heterocycles. The molecule has 0 fully saturated rings. The van der Waals surface area contributed by atoms with Gasteiger partial charge < -0.3 is 0 Å². The third-order valence-corrected chi connectivity index (χ3v) is 3.53. The molecule has 2 heteroatoms. The molecule has 0 heterocycles. The third-order valence-electron chi connectivity index (χ3n) is 3.53. The van der Waals surface area contributed by atoms with Crippen LogP contribution in [-0.4, -0.2) is 5.78 Å². The van der Waals surface area contributed by atoms with Crippen molar-refractivity contribution in [2.24, 2.45) is 5.92 Å². The largest absolute Gasteiger partial charge is 0.294 e. The number of hydrogen-bond acceptors (Lipinski definition) is 1. The summed E-state index contributed by atoms with van der Waals surface area (Å²) in [5, 5.41) is 0. The Bertz CT molecular complexity index is 613. The van der Waals surface area contributed by atoms with Gasteiger partial charge in [-0.3, -0.25) is 4.79 Å². The van der Waals surface area contributed by atoms with Crippen LogP contribution in [0.15, 0.2) is 42.5 Å². The normalized spacial score (nSPS) is 17.9. The van der Waals surface area contributed by atoms with Gasteiger partial charge in [-0.2, -0.15) is 0 Å². The minimum Gasteiger partial charge on any atom is -0.294 e. The molecular weight excluding hydrogens is 227 g/mol. The number of carbonyl (C=O) groups excluding carboxylic acids is 1. The van der Waals surface area contributed by atoms with Crippen LogP contribution in [0.25, 0.3) is 11.1 Å². The Balaban J connectivity index is 2.18. The summed E-state index contributed by atoms with van der Waals surface area (Å²) in [6, 6.07) is 12.2. The van der Waals surface area contributed by atoms with Crippen LogP contribution < -0.4 is 0 Å². The molecule has 1 aliphatic rings. The minimum absolute atomic E-state index is 0.0570. The van der Waals surface area contributed by atoms with Crippen LogP contribution in [0.5, 0.6) is 0 Å². The summed E-state index contributed by atoms with van der Waals surface area (Å²) in [5.74, 6) is -0.00227. The first-order chi connectivity index (χ1) is 8.66. The summed E-state index contributed by atoms with van der Waals surface area (Å²) in [7, 11) is 0. The summed E-state index contributed by atoms with van der Waals surface area (Å²) in [6.45, 7) is 1.96. The lowest BCUT2D eigenvalue weighted by molar-refractivity contribution is 0.0947. The van der Waals surface area contributed by atoms with E-state index in [4.69, 9.17) is 0 Å². The molecule has 0 radical (unpaired) electrons. The average Bonchev–Trinajstić information content (AvgIpc) is 2.66. The lowest BCUT2D eigenvalue weighted by Gasteiger charge is -2.07. The number of carbonyl (C=O) groups is 1. The highest BCUT2D eigenvalue weighted by Gasteiger charge is 2.29. The van der Waals surface area contributed by atoms with Crippen LogP contribution in [0.3, 0.4) is 0 Å². The van der Waals surface area contributed by atoms with E-state index in [0.29, 0.717) is 0 Å². The summed E-state index contributed by atoms with van der Waals surface area (Å²) in [6.07, 6.45) is 0.809. The molecule has 0 N–H and O–H groups in total. The van der Waals surface area contributed by atoms with Gasteiger partial charge >= 0.3 is 0 Å². The Hall–Kier alpha value is -1.96. The second kappa shape index (κ2) is 4.05. The van der Waals surface area contributed by atoms with Gasteiger partial charge in [-0.25, -0.2) is 4.39 Å². The molecule has 3 rings (SSSR count). The smallest absolute Gasteiger partial charge is 0.166 e. The highest BCUT2D eigenvalue weighted by atomic mass is 19.1. The van der Waals surface area contributed by atoms with E-state index in [1.54, 1.807) is 12.1 Å². The number of Topliss-reactive ketones (excluding diaryl/α,β-unsaturated/α-hetero) is 1. The van der Waals surface area contributed by atoms with Gasteiger partial charge in [0.25, 0.3) is 0 Å². The van der Waals surface area contributed by atoms with Crippen LogP contribution in [-0.2, 0) is 6.42 Å². The molecule has 1 nitrogen and oxygen atoms in total. The van der Waals surface area contributed by atoms with E-state index < -0.39 is 0 Å². The summed E-state index contributed by atoms with van der Waals surface area (Å²) in [5.41, 5.74) is 3.74. The quantitative estimate of drug-likeness (QED) is 0.739. The third kappa shape index (κ3) is 1.65. The molecule has 0 amide bonds. The Kier molecular flexibility index (Phi) is 2.51. The van der Waals surface area contributed by atoms with Crippen molar-refractivity contribution in [3.63, 3.8) is 0 Å². The Labute approximate surface area is 105 Å². The Morgan fingerprint density at radius 1 is 1.11 bits per heavy atom. The first kappa shape index (κ1) is 11.1. The van der Waals surface area contributed by atoms with Gasteiger partial charge in [-0.15, -0.1) is 0 Å². The van der Waals surface area contributed by atoms with Crippen LogP contribution in [0.4, 0.5) is 4.39 Å². The first-order valence-electron chi connectivity index (χ1n) is 6.09. The van der Waals surface area contributed by atoms with Crippen molar-refractivity contribution in [2.75, 3.05) is 0 Å². The number of hydrogen-bond donors (Lipinski definition) is 0. The fraction of sp³-hybridized carbons (Fsp3) is 0.188. The lowest BCUT2D eigenvalue weighted by atomic mass is 9.96. The molecule has 0 aliphatic heterocycles. The van der Waals surface area contributed by atoms with Crippen molar-refractivity contribution in [3.05, 3.63) is 59.4 Å². The summed E-state index contributed by atoms with van der Waals surface area (Å²) < 4.78 is 12.9. The molecule has 90 valence electrons. The molecule has 2 aromatic rings. The molecule has 1 unspecified atom stereocenters. The summed E-state index contributed by atoms with van der Waals surface area (Å²) >= 11 is 0. The number of rotatable bonds is 1. The predicted octanol–water partition coefficient (Wildman–Crippen LogP) is 3.87. The number of ketones is 1. The molecule has 1 atom stereocenters. The molecule has 0 aromatic heterocycles. The van der Waals surface area contributed by atoms with Gasteiger partial charge in [0.15, 0.2) is 5.78 Å². The second-order valence-corrected chi connectivity index (χ2v) is 4.82. The van der Waals surface area contributed by atoms with Crippen molar-refractivity contribution in [3.8, 4) is 11.1 Å². The number of benzene rings is 2. The van der Waals surface area contributed by atoms with Gasteiger partial charge in [0, 0.05) is 11.5 Å². The molecule has 2 aromatic carbocycles. The lowest BCUT2D eigenvalue weighted by Crippen LogP contribution is -2.04. The van der Waals surface area contributed by atoms with E-state index in [1.165, 1.54) is 12.1 Å². The minimum atomic E-state index is -0.258. The number of halogens is 1. The molecule has 0 spiro atoms. The highest BCUT2D eigenvalue weighted by molar-refractivity contribution is 6.07. The van der Waals surface area contributed by atoms with Crippen LogP contribution >= 0.6 is 0 Å². The van der Waals surface area contributed by atoms with E-state index in [-0.39, 0.29) is 17.5 Å². The van der Waals surface area contributed by atoms with Gasteiger partial charge in [0.05, 0.1) is 0 Å². The standard InChI is InChI=1S/C16H13FO/c1-10-9-12-3-2-4-14(15(12)16(10)18)11-5-7-13(17)8-6-11/h2-8,10H,9H2,1H3. The predicted molar refractivity (Wildman–Crippen MR) is 69.0 cm³/mol. The van der Waals surface area contributed by atoms with Crippen molar-refractivity contribution < 1.29 is 9.18 Å². The van der Waals surface area contributed by atoms with Crippen molar-refractivity contribution in [2.45, 2.75) is 13.3 Å². The fourth-order valence-electron chi connectivity index (χ4n) is 2.60. The number of fused-ring (bicyclic) bond motifs is 1. The topological polar surface area (TPSA) is 17.1 Å². The monoisotopic (exact) mass is 240 g/mol. The molecule has 0 saturated carbocycles. The van der Waals surface area contributed by atoms with Gasteiger partial charge in [0.2, 0.25) is 0 Å². The second-order valence-electron chi connectivity index (χ2n) is 4.82. The first-order valence-corrected chi connectivity index (χ1v) is 6.09.